The van der Waals surface area contributed by atoms with E-state index in [0.29, 0.717) is 22.2 Å². The minimum absolute atomic E-state index is 0.159. The molecule has 0 saturated carbocycles. The molecule has 1 aliphatic heterocycles. The maximum atomic E-state index is 12.4. The molecule has 8 nitrogen and oxygen atoms in total. The summed E-state index contributed by atoms with van der Waals surface area (Å²) in [6.45, 7) is 15.2. The number of hydrogen-bond donors (Lipinski definition) is 2. The van der Waals surface area contributed by atoms with Crippen LogP contribution in [-0.2, 0) is 14.0 Å². The first-order valence-corrected chi connectivity index (χ1v) is 10.7. The fraction of sp³-hybridized carbons (Fsp3) is 0.522. The second kappa shape index (κ2) is 8.37. The zero-order chi connectivity index (χ0) is 23.9. The Bertz CT molecular complexity index is 1100. The highest BCUT2D eigenvalue weighted by Crippen LogP contribution is 2.38. The molecule has 9 heteroatoms. The van der Waals surface area contributed by atoms with E-state index >= 15 is 0 Å². The van der Waals surface area contributed by atoms with Gasteiger partial charge in [-0.1, -0.05) is 12.1 Å². The van der Waals surface area contributed by atoms with Crippen LogP contribution in [-0.4, -0.2) is 46.5 Å². The summed E-state index contributed by atoms with van der Waals surface area (Å²) in [5, 5.41) is 3.26. The fourth-order valence-electron chi connectivity index (χ4n) is 3.26. The maximum Gasteiger partial charge on any atom is 0.492 e. The highest BCUT2D eigenvalue weighted by atomic mass is 16.7. The largest absolute Gasteiger partial charge is 0.492 e. The minimum Gasteiger partial charge on any atom is -0.444 e. The number of nitrogens with one attached hydrogen (secondary N) is 2. The molecular formula is C23H32BN3O5. The van der Waals surface area contributed by atoms with Crippen molar-refractivity contribution in [1.29, 1.82) is 0 Å². The lowest BCUT2D eigenvalue weighted by molar-refractivity contribution is 0.00578. The molecule has 2 N–H and O–H groups in total. The van der Waals surface area contributed by atoms with Crippen molar-refractivity contribution in [2.45, 2.75) is 72.2 Å². The summed E-state index contributed by atoms with van der Waals surface area (Å²) in [7, 11) is -0.667. The molecule has 1 aromatic heterocycles. The Morgan fingerprint density at radius 2 is 1.84 bits per heavy atom. The molecule has 2 heterocycles. The third kappa shape index (κ3) is 5.39. The monoisotopic (exact) mass is 441 g/mol. The number of alkyl carbamates (subject to hydrolysis) is 1. The number of rotatable bonds is 4. The number of hydrogen-bond acceptors (Lipinski definition) is 6. The first-order chi connectivity index (χ1) is 14.7. The van der Waals surface area contributed by atoms with E-state index in [1.165, 1.54) is 0 Å². The number of carbonyl (C=O) groups excluding carboxylic acids is 1. The van der Waals surface area contributed by atoms with Crippen molar-refractivity contribution in [3.05, 3.63) is 45.4 Å². The molecule has 1 saturated heterocycles. The van der Waals surface area contributed by atoms with Crippen molar-refractivity contribution in [2.75, 3.05) is 6.54 Å². The van der Waals surface area contributed by atoms with Gasteiger partial charge in [0.1, 0.15) is 11.4 Å². The van der Waals surface area contributed by atoms with Crippen molar-refractivity contribution < 1.29 is 18.8 Å². The number of aromatic nitrogens is 2. The summed E-state index contributed by atoms with van der Waals surface area (Å²) in [6.07, 6.45) is 1.33. The van der Waals surface area contributed by atoms with Crippen LogP contribution in [0, 0.1) is 6.92 Å². The van der Waals surface area contributed by atoms with Gasteiger partial charge in [0, 0.05) is 6.54 Å². The zero-order valence-electron chi connectivity index (χ0n) is 20.1. The number of carbonyl (C=O) groups is 1. The topological polar surface area (TPSA) is 103 Å². The SMILES string of the molecule is Cc1nc2ccc(C=C(CNC(=O)OC(C)(C)C)B3OC(C)(C)C(C)(C)O3)cc2c(=O)[nH]1. The Hall–Kier alpha value is -2.65. The van der Waals surface area contributed by atoms with Crippen molar-refractivity contribution in [2.24, 2.45) is 0 Å². The van der Waals surface area contributed by atoms with Crippen LogP contribution in [0.2, 0.25) is 0 Å². The van der Waals surface area contributed by atoms with Crippen LogP contribution in [0.15, 0.2) is 28.5 Å². The van der Waals surface area contributed by atoms with Gasteiger partial charge < -0.3 is 24.3 Å². The third-order valence-electron chi connectivity index (χ3n) is 5.59. The van der Waals surface area contributed by atoms with Gasteiger partial charge in [-0.25, -0.2) is 9.78 Å². The van der Waals surface area contributed by atoms with Crippen molar-refractivity contribution >= 4 is 30.2 Å². The van der Waals surface area contributed by atoms with Crippen LogP contribution in [0.1, 0.15) is 59.9 Å². The lowest BCUT2D eigenvalue weighted by atomic mass is 9.77. The van der Waals surface area contributed by atoms with Crippen molar-refractivity contribution in [3.63, 3.8) is 0 Å². The molecule has 172 valence electrons. The minimum atomic E-state index is -0.667. The Balaban J connectivity index is 1.95. The van der Waals surface area contributed by atoms with E-state index in [1.807, 2.05) is 39.8 Å². The van der Waals surface area contributed by atoms with Crippen LogP contribution in [0.3, 0.4) is 0 Å². The molecule has 0 atom stereocenters. The summed E-state index contributed by atoms with van der Waals surface area (Å²) < 4.78 is 17.7. The summed E-state index contributed by atoms with van der Waals surface area (Å²) >= 11 is 0. The molecule has 0 aliphatic carbocycles. The van der Waals surface area contributed by atoms with E-state index < -0.39 is 30.0 Å². The molecular weight excluding hydrogens is 409 g/mol. The Labute approximate surface area is 188 Å². The second-order valence-corrected chi connectivity index (χ2v) is 10.1. The number of benzene rings is 1. The molecule has 0 radical (unpaired) electrons. The molecule has 1 amide bonds. The standard InChI is InChI=1S/C23H32BN3O5/c1-14-26-18-10-9-15(12-17(18)19(28)27-14)11-16(13-25-20(29)30-21(2,3)4)24-31-22(5,6)23(7,8)32-24/h9-12H,13H2,1-8H3,(H,25,29)(H,26,27,28). The lowest BCUT2D eigenvalue weighted by Crippen LogP contribution is -2.41. The van der Waals surface area contributed by atoms with E-state index in [4.69, 9.17) is 14.0 Å². The van der Waals surface area contributed by atoms with Gasteiger partial charge in [-0.3, -0.25) is 4.79 Å². The van der Waals surface area contributed by atoms with Crippen LogP contribution in [0.25, 0.3) is 17.0 Å². The molecule has 0 spiro atoms. The van der Waals surface area contributed by atoms with Crippen LogP contribution >= 0.6 is 0 Å². The van der Waals surface area contributed by atoms with Crippen molar-refractivity contribution in [1.82, 2.24) is 15.3 Å². The molecule has 1 aliphatic rings. The molecule has 1 fully saturated rings. The van der Waals surface area contributed by atoms with E-state index in [-0.39, 0.29) is 12.1 Å². The Kier molecular flexibility index (Phi) is 6.28. The average molecular weight is 441 g/mol. The summed E-state index contributed by atoms with van der Waals surface area (Å²) in [5.74, 6) is 0.560. The Morgan fingerprint density at radius 3 is 2.44 bits per heavy atom. The smallest absolute Gasteiger partial charge is 0.444 e. The molecule has 0 bridgehead atoms. The number of aryl methyl sites for hydroxylation is 1. The zero-order valence-corrected chi connectivity index (χ0v) is 20.1. The van der Waals surface area contributed by atoms with Gasteiger partial charge in [0.05, 0.1) is 22.1 Å². The van der Waals surface area contributed by atoms with Gasteiger partial charge in [-0.2, -0.15) is 0 Å². The van der Waals surface area contributed by atoms with Gasteiger partial charge in [-0.05, 0) is 78.6 Å². The number of nitrogens with zero attached hydrogens (tertiary/aromatic N) is 1. The summed E-state index contributed by atoms with van der Waals surface area (Å²) in [4.78, 5) is 31.7. The molecule has 32 heavy (non-hydrogen) atoms. The normalized spacial score (nSPS) is 18.1. The lowest BCUT2D eigenvalue weighted by Gasteiger charge is -2.32. The first kappa shape index (κ1) is 24.0. The summed E-state index contributed by atoms with van der Waals surface area (Å²) in [5.41, 5.74) is 0.201. The number of fused-ring (bicyclic) bond motifs is 1. The number of H-pyrrole nitrogens is 1. The highest BCUT2D eigenvalue weighted by molar-refractivity contribution is 6.56. The van der Waals surface area contributed by atoms with E-state index in [2.05, 4.69) is 15.3 Å². The van der Waals surface area contributed by atoms with Gasteiger partial charge in [0.15, 0.2) is 0 Å². The van der Waals surface area contributed by atoms with Crippen LogP contribution in [0.4, 0.5) is 4.79 Å². The molecule has 2 aromatic rings. The van der Waals surface area contributed by atoms with Gasteiger partial charge in [0.25, 0.3) is 5.56 Å². The van der Waals surface area contributed by atoms with E-state index in [0.717, 1.165) is 5.56 Å². The van der Waals surface area contributed by atoms with Gasteiger partial charge in [0.2, 0.25) is 0 Å². The van der Waals surface area contributed by atoms with Crippen LogP contribution < -0.4 is 10.9 Å². The highest BCUT2D eigenvalue weighted by Gasteiger charge is 2.52. The molecule has 1 aromatic carbocycles. The molecule has 3 rings (SSSR count). The van der Waals surface area contributed by atoms with Gasteiger partial charge >= 0.3 is 13.2 Å². The number of ether oxygens (including phenoxy) is 1. The predicted octanol–water partition coefficient (Wildman–Crippen LogP) is 3.77. The van der Waals surface area contributed by atoms with Crippen LogP contribution in [0.5, 0.6) is 0 Å². The van der Waals surface area contributed by atoms with E-state index in [9.17, 15) is 9.59 Å². The number of amides is 1. The Morgan fingerprint density at radius 1 is 1.22 bits per heavy atom. The first-order valence-electron chi connectivity index (χ1n) is 10.7. The van der Waals surface area contributed by atoms with E-state index in [1.54, 1.807) is 39.8 Å². The fourth-order valence-corrected chi connectivity index (χ4v) is 3.26. The maximum absolute atomic E-state index is 12.4. The van der Waals surface area contributed by atoms with Crippen molar-refractivity contribution in [3.8, 4) is 0 Å². The quantitative estimate of drug-likeness (QED) is 0.701. The average Bonchev–Trinajstić information content (AvgIpc) is 2.84. The molecule has 0 unspecified atom stereocenters. The third-order valence-corrected chi connectivity index (χ3v) is 5.59. The number of aromatic amines is 1. The predicted molar refractivity (Wildman–Crippen MR) is 125 cm³/mol. The van der Waals surface area contributed by atoms with Gasteiger partial charge in [-0.15, -0.1) is 0 Å². The summed E-state index contributed by atoms with van der Waals surface area (Å²) in [6, 6.07) is 5.43. The second-order valence-electron chi connectivity index (χ2n) is 10.1.